The number of nitrogens with zero attached hydrogens (tertiary/aromatic N) is 3. The highest BCUT2D eigenvalue weighted by Crippen LogP contribution is 2.26. The van der Waals surface area contributed by atoms with Gasteiger partial charge in [0.1, 0.15) is 17.1 Å². The van der Waals surface area contributed by atoms with Crippen molar-refractivity contribution in [3.05, 3.63) is 88.5 Å². The summed E-state index contributed by atoms with van der Waals surface area (Å²) in [5, 5.41) is 9.98. The molecule has 2 aromatic carbocycles. The van der Waals surface area contributed by atoms with Crippen LogP contribution in [0, 0.1) is 12.7 Å². The molecule has 1 aromatic heterocycles. The summed E-state index contributed by atoms with van der Waals surface area (Å²) in [5.41, 5.74) is 2.20. The third kappa shape index (κ3) is 4.94. The third-order valence-corrected chi connectivity index (χ3v) is 6.53. The predicted octanol–water partition coefficient (Wildman–Crippen LogP) is 2.46. The predicted molar refractivity (Wildman–Crippen MR) is 128 cm³/mol. The van der Waals surface area contributed by atoms with Crippen LogP contribution in [0.5, 0.6) is 0 Å². The molecule has 3 amide bonds. The molecule has 0 bridgehead atoms. The molecule has 0 saturated carbocycles. The number of hydrogen-bond acceptors (Lipinski definition) is 4. The average Bonchev–Trinajstić information content (AvgIpc) is 3.27. The SMILES string of the molecule is Cc1ccccc1CCNC(=O)c1cc2n(n1)C[C@@](C)(C(=O)NCc1ccc(F)cc1)N(C)C2=O. The summed E-state index contributed by atoms with van der Waals surface area (Å²) < 4.78 is 14.5. The van der Waals surface area contributed by atoms with Crippen LogP contribution in [-0.4, -0.2) is 51.5 Å². The van der Waals surface area contributed by atoms with Crippen molar-refractivity contribution in [3.63, 3.8) is 0 Å². The van der Waals surface area contributed by atoms with E-state index < -0.39 is 11.4 Å². The second-order valence-corrected chi connectivity index (χ2v) is 8.95. The lowest BCUT2D eigenvalue weighted by molar-refractivity contribution is -0.132. The molecule has 3 aromatic rings. The number of amides is 3. The maximum Gasteiger partial charge on any atom is 0.272 e. The minimum Gasteiger partial charge on any atom is -0.350 e. The van der Waals surface area contributed by atoms with Crippen molar-refractivity contribution >= 4 is 17.7 Å². The smallest absolute Gasteiger partial charge is 0.272 e. The van der Waals surface area contributed by atoms with Crippen LogP contribution in [0.3, 0.4) is 0 Å². The van der Waals surface area contributed by atoms with Crippen LogP contribution in [0.2, 0.25) is 0 Å². The summed E-state index contributed by atoms with van der Waals surface area (Å²) in [7, 11) is 1.55. The van der Waals surface area contributed by atoms with E-state index in [1.165, 1.54) is 27.8 Å². The van der Waals surface area contributed by atoms with Crippen molar-refractivity contribution in [2.24, 2.45) is 0 Å². The number of hydrogen-bond donors (Lipinski definition) is 2. The lowest BCUT2D eigenvalue weighted by Gasteiger charge is -2.40. The molecule has 9 heteroatoms. The highest BCUT2D eigenvalue weighted by molar-refractivity contribution is 6.01. The zero-order chi connectivity index (χ0) is 25.2. The highest BCUT2D eigenvalue weighted by atomic mass is 19.1. The Hall–Kier alpha value is -4.01. The van der Waals surface area contributed by atoms with Gasteiger partial charge >= 0.3 is 0 Å². The number of carbonyl (C=O) groups excluding carboxylic acids is 3. The lowest BCUT2D eigenvalue weighted by atomic mass is 9.96. The topological polar surface area (TPSA) is 96.3 Å². The fraction of sp³-hybridized carbons (Fsp3) is 0.308. The lowest BCUT2D eigenvalue weighted by Crippen LogP contribution is -2.62. The van der Waals surface area contributed by atoms with Crippen molar-refractivity contribution in [2.45, 2.75) is 38.9 Å². The van der Waals surface area contributed by atoms with E-state index in [2.05, 4.69) is 15.7 Å². The Morgan fingerprint density at radius 3 is 2.54 bits per heavy atom. The molecule has 2 heterocycles. The first-order chi connectivity index (χ1) is 16.7. The zero-order valence-corrected chi connectivity index (χ0v) is 20.0. The van der Waals surface area contributed by atoms with Gasteiger partial charge in [0.2, 0.25) is 5.91 Å². The molecule has 8 nitrogen and oxygen atoms in total. The molecule has 1 aliphatic heterocycles. The Morgan fingerprint density at radius 2 is 1.83 bits per heavy atom. The van der Waals surface area contributed by atoms with E-state index in [0.29, 0.717) is 13.0 Å². The van der Waals surface area contributed by atoms with Crippen molar-refractivity contribution in [1.29, 1.82) is 0 Å². The van der Waals surface area contributed by atoms with E-state index in [9.17, 15) is 18.8 Å². The maximum atomic E-state index is 13.1. The van der Waals surface area contributed by atoms with Gasteiger partial charge in [-0.1, -0.05) is 36.4 Å². The second-order valence-electron chi connectivity index (χ2n) is 8.95. The summed E-state index contributed by atoms with van der Waals surface area (Å²) >= 11 is 0. The average molecular weight is 478 g/mol. The summed E-state index contributed by atoms with van der Waals surface area (Å²) in [6.45, 7) is 4.39. The van der Waals surface area contributed by atoms with Crippen molar-refractivity contribution in [1.82, 2.24) is 25.3 Å². The van der Waals surface area contributed by atoms with Gasteiger partial charge in [-0.25, -0.2) is 4.39 Å². The molecule has 0 spiro atoms. The molecule has 0 aliphatic carbocycles. The number of aryl methyl sites for hydroxylation is 1. The standard InChI is InChI=1S/C26H28FN5O3/c1-17-6-4-5-7-19(17)12-13-28-23(33)21-14-22-24(34)31(3)26(2,16-32(22)30-21)25(35)29-15-18-8-10-20(27)11-9-18/h4-11,14H,12-13,15-16H2,1-3H3,(H,28,33)(H,29,35)/t26-/m0/s1. The molecule has 1 atom stereocenters. The number of carbonyl (C=O) groups is 3. The number of rotatable bonds is 7. The van der Waals surface area contributed by atoms with E-state index >= 15 is 0 Å². The first kappa shape index (κ1) is 24.1. The van der Waals surface area contributed by atoms with Crippen LogP contribution in [0.15, 0.2) is 54.6 Å². The summed E-state index contributed by atoms with van der Waals surface area (Å²) in [5.74, 6) is -1.51. The largest absolute Gasteiger partial charge is 0.350 e. The zero-order valence-electron chi connectivity index (χ0n) is 20.0. The van der Waals surface area contributed by atoms with Gasteiger partial charge < -0.3 is 15.5 Å². The van der Waals surface area contributed by atoms with Crippen LogP contribution >= 0.6 is 0 Å². The quantitative estimate of drug-likeness (QED) is 0.547. The van der Waals surface area contributed by atoms with Crippen LogP contribution in [0.1, 0.15) is 44.6 Å². The Bertz CT molecular complexity index is 1270. The molecule has 0 saturated heterocycles. The number of benzene rings is 2. The number of likely N-dealkylation sites (N-methyl/N-ethyl adjacent to an activating group) is 1. The molecule has 1 aliphatic rings. The van der Waals surface area contributed by atoms with Crippen LogP contribution in [0.25, 0.3) is 0 Å². The van der Waals surface area contributed by atoms with Gasteiger partial charge in [-0.05, 0) is 49.1 Å². The highest BCUT2D eigenvalue weighted by Gasteiger charge is 2.46. The summed E-state index contributed by atoms with van der Waals surface area (Å²) in [6, 6.07) is 15.2. The summed E-state index contributed by atoms with van der Waals surface area (Å²) in [6.07, 6.45) is 0.681. The first-order valence-electron chi connectivity index (χ1n) is 11.4. The molecular formula is C26H28FN5O3. The third-order valence-electron chi connectivity index (χ3n) is 6.53. The maximum absolute atomic E-state index is 13.1. The van der Waals surface area contributed by atoms with Gasteiger partial charge in [0, 0.05) is 26.2 Å². The molecule has 0 radical (unpaired) electrons. The van der Waals surface area contributed by atoms with Crippen LogP contribution in [0.4, 0.5) is 4.39 Å². The summed E-state index contributed by atoms with van der Waals surface area (Å²) in [4.78, 5) is 40.2. The van der Waals surface area contributed by atoms with Gasteiger partial charge in [-0.2, -0.15) is 5.10 Å². The molecule has 0 fully saturated rings. The number of halogens is 1. The molecule has 0 unspecified atom stereocenters. The fourth-order valence-electron chi connectivity index (χ4n) is 4.11. The van der Waals surface area contributed by atoms with Gasteiger partial charge in [0.25, 0.3) is 11.8 Å². The second kappa shape index (κ2) is 9.69. The number of fused-ring (bicyclic) bond motifs is 1. The van der Waals surface area contributed by atoms with E-state index in [4.69, 9.17) is 0 Å². The number of nitrogens with one attached hydrogen (secondary N) is 2. The van der Waals surface area contributed by atoms with Crippen molar-refractivity contribution < 1.29 is 18.8 Å². The molecule has 182 valence electrons. The fourth-order valence-corrected chi connectivity index (χ4v) is 4.11. The Balaban J connectivity index is 1.42. The molecular weight excluding hydrogens is 449 g/mol. The first-order valence-corrected chi connectivity index (χ1v) is 11.4. The monoisotopic (exact) mass is 477 g/mol. The number of aromatic nitrogens is 2. The van der Waals surface area contributed by atoms with E-state index in [-0.39, 0.29) is 42.1 Å². The van der Waals surface area contributed by atoms with Crippen molar-refractivity contribution in [3.8, 4) is 0 Å². The minimum absolute atomic E-state index is 0.0936. The van der Waals surface area contributed by atoms with E-state index in [0.717, 1.165) is 16.7 Å². The molecule has 35 heavy (non-hydrogen) atoms. The molecule has 4 rings (SSSR count). The van der Waals surface area contributed by atoms with Crippen LogP contribution in [-0.2, 0) is 24.3 Å². The van der Waals surface area contributed by atoms with Gasteiger partial charge in [0.05, 0.1) is 6.54 Å². The van der Waals surface area contributed by atoms with Gasteiger partial charge in [-0.15, -0.1) is 0 Å². The van der Waals surface area contributed by atoms with Crippen molar-refractivity contribution in [2.75, 3.05) is 13.6 Å². The Labute approximate surface area is 203 Å². The normalized spacial score (nSPS) is 17.1. The van der Waals surface area contributed by atoms with E-state index in [1.54, 1.807) is 26.1 Å². The van der Waals surface area contributed by atoms with Gasteiger partial charge in [-0.3, -0.25) is 19.1 Å². The Kier molecular flexibility index (Phi) is 6.68. The van der Waals surface area contributed by atoms with E-state index in [1.807, 2.05) is 31.2 Å². The minimum atomic E-state index is -1.21. The molecule has 2 N–H and O–H groups in total. The van der Waals surface area contributed by atoms with Crippen LogP contribution < -0.4 is 10.6 Å². The Morgan fingerprint density at radius 1 is 1.11 bits per heavy atom. The van der Waals surface area contributed by atoms with Gasteiger partial charge in [0.15, 0.2) is 5.69 Å².